The van der Waals surface area contributed by atoms with Gasteiger partial charge < -0.3 is 10.0 Å². The number of halogens is 2. The first-order chi connectivity index (χ1) is 11.3. The Labute approximate surface area is 144 Å². The van der Waals surface area contributed by atoms with Crippen LogP contribution in [0.25, 0.3) is 0 Å². The second-order valence-electron chi connectivity index (χ2n) is 6.13. The molecule has 0 bridgehead atoms. The number of carbonyl (C=O) groups excluding carboxylic acids is 1. The number of piperazine rings is 1. The highest BCUT2D eigenvalue weighted by atomic mass is 35.5. The van der Waals surface area contributed by atoms with Gasteiger partial charge in [0.2, 0.25) is 0 Å². The van der Waals surface area contributed by atoms with Gasteiger partial charge in [0.1, 0.15) is 5.82 Å². The molecule has 9 heteroatoms. The molecule has 3 rings (SSSR count). The summed E-state index contributed by atoms with van der Waals surface area (Å²) in [5.74, 6) is -1.19. The number of nitrogens with zero attached hydrogens (tertiary/aromatic N) is 2. The zero-order valence-electron chi connectivity index (χ0n) is 12.9. The summed E-state index contributed by atoms with van der Waals surface area (Å²) in [7, 11) is -3.26. The van der Waals surface area contributed by atoms with Crippen molar-refractivity contribution in [3.63, 3.8) is 0 Å². The summed E-state index contributed by atoms with van der Waals surface area (Å²) in [5, 5.41) is 9.27. The molecule has 0 unspecified atom stereocenters. The molecule has 0 saturated carbocycles. The Morgan fingerprint density at radius 3 is 2.62 bits per heavy atom. The summed E-state index contributed by atoms with van der Waals surface area (Å²) in [5.41, 5.74) is 0.110. The Kier molecular flexibility index (Phi) is 4.83. The number of benzene rings is 1. The Balaban J connectivity index is 1.89. The lowest BCUT2D eigenvalue weighted by atomic mass is 10.0. The molecule has 1 N–H and O–H groups in total. The van der Waals surface area contributed by atoms with Crippen LogP contribution in [0, 0.1) is 5.82 Å². The second-order valence-corrected chi connectivity index (χ2v) is 8.72. The zero-order chi connectivity index (χ0) is 17.5. The van der Waals surface area contributed by atoms with E-state index in [0.29, 0.717) is 19.6 Å². The van der Waals surface area contributed by atoms with Crippen LogP contribution in [0.1, 0.15) is 10.4 Å². The van der Waals surface area contributed by atoms with Crippen LogP contribution in [0.5, 0.6) is 0 Å². The summed E-state index contributed by atoms with van der Waals surface area (Å²) in [6, 6.07) is 2.76. The molecule has 0 radical (unpaired) electrons. The molecule has 2 atom stereocenters. The Bertz CT molecular complexity index is 738. The van der Waals surface area contributed by atoms with Crippen molar-refractivity contribution < 1.29 is 22.7 Å². The number of amides is 1. The highest BCUT2D eigenvalue weighted by molar-refractivity contribution is 7.91. The second kappa shape index (κ2) is 6.59. The van der Waals surface area contributed by atoms with Gasteiger partial charge in [-0.25, -0.2) is 12.8 Å². The van der Waals surface area contributed by atoms with Gasteiger partial charge in [-0.3, -0.25) is 9.69 Å². The van der Waals surface area contributed by atoms with Crippen LogP contribution in [-0.4, -0.2) is 79.1 Å². The Morgan fingerprint density at radius 2 is 1.96 bits per heavy atom. The summed E-state index contributed by atoms with van der Waals surface area (Å²) < 4.78 is 37.6. The van der Waals surface area contributed by atoms with E-state index in [4.69, 9.17) is 16.7 Å². The molecule has 132 valence electrons. The zero-order valence-corrected chi connectivity index (χ0v) is 14.4. The predicted octanol–water partition coefficient (Wildman–Crippen LogP) is 0.395. The van der Waals surface area contributed by atoms with Crippen LogP contribution in [0.3, 0.4) is 0 Å². The highest BCUT2D eigenvalue weighted by Crippen LogP contribution is 2.28. The smallest absolute Gasteiger partial charge is 0.254 e. The van der Waals surface area contributed by atoms with Crippen molar-refractivity contribution in [1.82, 2.24) is 9.80 Å². The van der Waals surface area contributed by atoms with E-state index in [1.165, 1.54) is 11.0 Å². The van der Waals surface area contributed by atoms with E-state index in [0.717, 1.165) is 12.1 Å². The molecule has 2 fully saturated rings. The van der Waals surface area contributed by atoms with Crippen LogP contribution in [0.2, 0.25) is 5.02 Å². The molecule has 1 aromatic carbocycles. The molecular formula is C15H18ClFN2O4S. The first-order valence-electron chi connectivity index (χ1n) is 7.63. The van der Waals surface area contributed by atoms with Crippen LogP contribution >= 0.6 is 11.6 Å². The maximum Gasteiger partial charge on any atom is 0.254 e. The van der Waals surface area contributed by atoms with Gasteiger partial charge in [-0.05, 0) is 18.2 Å². The van der Waals surface area contributed by atoms with E-state index in [9.17, 15) is 17.6 Å². The number of aliphatic hydroxyl groups is 1. The van der Waals surface area contributed by atoms with E-state index in [1.54, 1.807) is 0 Å². The lowest BCUT2D eigenvalue weighted by molar-refractivity contribution is 0.0281. The number of fused-ring (bicyclic) bond motifs is 1. The predicted molar refractivity (Wildman–Crippen MR) is 87.3 cm³/mol. The van der Waals surface area contributed by atoms with E-state index < -0.39 is 27.6 Å². The first kappa shape index (κ1) is 17.6. The average Bonchev–Trinajstić information content (AvgIpc) is 2.81. The van der Waals surface area contributed by atoms with E-state index in [1.807, 2.05) is 4.90 Å². The van der Waals surface area contributed by atoms with Crippen LogP contribution in [0.15, 0.2) is 18.2 Å². The summed E-state index contributed by atoms with van der Waals surface area (Å²) in [6.45, 7) is 1.08. The SMILES string of the molecule is O=C(c1cc(F)cc(Cl)c1)N1CCN(CCO)[C@H]2CS(=O)(=O)C[C@H]21. The number of carbonyl (C=O) groups is 1. The summed E-state index contributed by atoms with van der Waals surface area (Å²) >= 11 is 5.81. The third-order valence-corrected chi connectivity index (χ3v) is 6.47. The van der Waals surface area contributed by atoms with Gasteiger partial charge in [-0.2, -0.15) is 0 Å². The standard InChI is InChI=1S/C15H18ClFN2O4S/c16-11-5-10(6-12(17)7-11)15(21)19-2-1-18(3-4-20)13-8-24(22,23)9-14(13)19/h5-7,13-14,20H,1-4,8-9H2/t13-,14+/m0/s1. The third kappa shape index (κ3) is 3.42. The molecule has 1 aromatic rings. The van der Waals surface area contributed by atoms with Gasteiger partial charge in [0, 0.05) is 36.3 Å². The molecule has 1 amide bonds. The number of sulfone groups is 1. The fraction of sp³-hybridized carbons (Fsp3) is 0.533. The topological polar surface area (TPSA) is 77.9 Å². The first-order valence-corrected chi connectivity index (χ1v) is 9.83. The fourth-order valence-corrected chi connectivity index (χ4v) is 5.76. The van der Waals surface area contributed by atoms with Crippen LogP contribution in [-0.2, 0) is 9.84 Å². The van der Waals surface area contributed by atoms with Gasteiger partial charge in [-0.15, -0.1) is 0 Å². The summed E-state index contributed by atoms with van der Waals surface area (Å²) in [6.07, 6.45) is 0. The highest BCUT2D eigenvalue weighted by Gasteiger charge is 2.47. The molecule has 2 aliphatic heterocycles. The van der Waals surface area contributed by atoms with Gasteiger partial charge >= 0.3 is 0 Å². The minimum Gasteiger partial charge on any atom is -0.395 e. The lowest BCUT2D eigenvalue weighted by Crippen LogP contribution is -2.61. The number of hydrogen-bond donors (Lipinski definition) is 1. The fourth-order valence-electron chi connectivity index (χ4n) is 3.53. The van der Waals surface area contributed by atoms with Gasteiger partial charge in [-0.1, -0.05) is 11.6 Å². The van der Waals surface area contributed by atoms with Crippen molar-refractivity contribution in [2.24, 2.45) is 0 Å². The van der Waals surface area contributed by atoms with Crippen molar-refractivity contribution in [3.05, 3.63) is 34.6 Å². The summed E-state index contributed by atoms with van der Waals surface area (Å²) in [4.78, 5) is 16.2. The molecule has 2 saturated heterocycles. The minimum atomic E-state index is -3.26. The van der Waals surface area contributed by atoms with Crippen molar-refractivity contribution in [2.45, 2.75) is 12.1 Å². The van der Waals surface area contributed by atoms with Crippen molar-refractivity contribution in [3.8, 4) is 0 Å². The van der Waals surface area contributed by atoms with Crippen molar-refractivity contribution in [1.29, 1.82) is 0 Å². The number of β-amino-alcohol motifs (C(OH)–C–C–N with tert-alkyl or cyclic N) is 1. The van der Waals surface area contributed by atoms with Crippen LogP contribution < -0.4 is 0 Å². The maximum atomic E-state index is 13.5. The number of rotatable bonds is 3. The Morgan fingerprint density at radius 1 is 1.25 bits per heavy atom. The molecule has 0 spiro atoms. The monoisotopic (exact) mass is 376 g/mol. The lowest BCUT2D eigenvalue weighted by Gasteiger charge is -2.43. The normalized spacial score (nSPS) is 26.4. The number of hydrogen-bond acceptors (Lipinski definition) is 5. The van der Waals surface area contributed by atoms with Gasteiger partial charge in [0.15, 0.2) is 9.84 Å². The van der Waals surface area contributed by atoms with Crippen molar-refractivity contribution >= 4 is 27.3 Å². The molecule has 2 aliphatic rings. The van der Waals surface area contributed by atoms with Gasteiger partial charge in [0.25, 0.3) is 5.91 Å². The maximum absolute atomic E-state index is 13.5. The molecular weight excluding hydrogens is 359 g/mol. The third-order valence-electron chi connectivity index (χ3n) is 4.55. The van der Waals surface area contributed by atoms with Gasteiger partial charge in [0.05, 0.1) is 24.2 Å². The number of aliphatic hydroxyl groups excluding tert-OH is 1. The van der Waals surface area contributed by atoms with E-state index in [-0.39, 0.29) is 34.7 Å². The average molecular weight is 377 g/mol. The molecule has 24 heavy (non-hydrogen) atoms. The molecule has 0 aliphatic carbocycles. The van der Waals surface area contributed by atoms with Crippen molar-refractivity contribution in [2.75, 3.05) is 37.7 Å². The van der Waals surface area contributed by atoms with Crippen LogP contribution in [0.4, 0.5) is 4.39 Å². The quantitative estimate of drug-likeness (QED) is 0.826. The van der Waals surface area contributed by atoms with E-state index in [2.05, 4.69) is 0 Å². The van der Waals surface area contributed by atoms with E-state index >= 15 is 0 Å². The molecule has 0 aromatic heterocycles. The largest absolute Gasteiger partial charge is 0.395 e. The minimum absolute atomic E-state index is 0.0364. The Hall–Kier alpha value is -1.22. The molecule has 2 heterocycles. The molecule has 6 nitrogen and oxygen atoms in total.